The van der Waals surface area contributed by atoms with Gasteiger partial charge in [-0.25, -0.2) is 0 Å². The second-order valence-corrected chi connectivity index (χ2v) is 8.88. The summed E-state index contributed by atoms with van der Waals surface area (Å²) >= 11 is 0. The maximum absolute atomic E-state index is 13.0. The third-order valence-electron chi connectivity index (χ3n) is 5.87. The molecule has 0 unspecified atom stereocenters. The van der Waals surface area contributed by atoms with Crippen LogP contribution in [0.4, 0.5) is 5.82 Å². The highest BCUT2D eigenvalue weighted by atomic mass is 16.5. The van der Waals surface area contributed by atoms with Crippen LogP contribution in [0, 0.1) is 5.41 Å². The monoisotopic (exact) mass is 456 g/mol. The Morgan fingerprint density at radius 2 is 2.03 bits per heavy atom. The molecular weight excluding hydrogens is 422 g/mol. The fraction of sp³-hybridized carbons (Fsp3) is 0.458. The predicted molar refractivity (Wildman–Crippen MR) is 125 cm³/mol. The molecule has 0 aliphatic heterocycles. The summed E-state index contributed by atoms with van der Waals surface area (Å²) in [6.07, 6.45) is 8.17. The summed E-state index contributed by atoms with van der Waals surface area (Å²) in [5.41, 5.74) is 0.732. The number of nitrogens with one attached hydrogen (secondary N) is 3. The molecule has 1 fully saturated rings. The van der Waals surface area contributed by atoms with E-state index >= 15 is 0 Å². The van der Waals surface area contributed by atoms with Gasteiger partial charge in [0.15, 0.2) is 0 Å². The third kappa shape index (κ3) is 5.92. The number of anilines is 1. The van der Waals surface area contributed by atoms with Crippen LogP contribution in [-0.2, 0) is 4.74 Å². The number of allylic oxidation sites excluding steroid dienone is 3. The van der Waals surface area contributed by atoms with E-state index in [1.165, 1.54) is 6.07 Å². The van der Waals surface area contributed by atoms with Gasteiger partial charge in [-0.3, -0.25) is 9.69 Å². The Hall–Kier alpha value is -3.33. The molecule has 0 spiro atoms. The van der Waals surface area contributed by atoms with Crippen molar-refractivity contribution in [3.8, 4) is 0 Å². The van der Waals surface area contributed by atoms with E-state index in [0.717, 1.165) is 30.4 Å². The molecule has 1 amide bonds. The average Bonchev–Trinajstić information content (AvgIpc) is 2.75. The highest BCUT2D eigenvalue weighted by Gasteiger charge is 2.28. The van der Waals surface area contributed by atoms with Gasteiger partial charge in [-0.1, -0.05) is 0 Å². The van der Waals surface area contributed by atoms with E-state index in [4.69, 9.17) is 10.1 Å². The second kappa shape index (κ2) is 10.1. The number of amides is 1. The third-order valence-corrected chi connectivity index (χ3v) is 5.87. The number of rotatable bonds is 7. The van der Waals surface area contributed by atoms with E-state index in [-0.39, 0.29) is 17.4 Å². The van der Waals surface area contributed by atoms with Crippen LogP contribution in [0.5, 0.6) is 0 Å². The molecule has 1 aromatic heterocycles. The number of ether oxygens (including phenoxy) is 1. The summed E-state index contributed by atoms with van der Waals surface area (Å²) in [4.78, 5) is 14.7. The fourth-order valence-electron chi connectivity index (χ4n) is 3.89. The summed E-state index contributed by atoms with van der Waals surface area (Å²) in [7, 11) is 3.54. The van der Waals surface area contributed by atoms with Crippen molar-refractivity contribution in [3.05, 3.63) is 59.3 Å². The number of pyridine rings is 1. The van der Waals surface area contributed by atoms with Gasteiger partial charge in [0.1, 0.15) is 5.76 Å². The standard InChI is InChI=1S/C24H33N5O4/c1-5-33-21-14-18(25)16(15-26-17-9-11-24(2,31)12-10-17)13-19(21)27-23(30)20-7-6-8-22(28(3)4)29(20)32/h6-8,13-15,17,25,30-32H,5,9-12H2,1-4H3/p+1/t17-,24-. The summed E-state index contributed by atoms with van der Waals surface area (Å²) in [5.74, 6) is 0.335. The number of aliphatic hydroxyl groups is 1. The molecule has 178 valence electrons. The summed E-state index contributed by atoms with van der Waals surface area (Å²) < 4.78 is 6.48. The molecule has 9 nitrogen and oxygen atoms in total. The zero-order valence-corrected chi connectivity index (χ0v) is 19.7. The van der Waals surface area contributed by atoms with Crippen molar-refractivity contribution < 1.29 is 24.6 Å². The normalized spacial score (nSPS) is 24.1. The van der Waals surface area contributed by atoms with Crippen molar-refractivity contribution in [1.29, 1.82) is 5.41 Å². The van der Waals surface area contributed by atoms with Gasteiger partial charge in [-0.15, -0.1) is 0 Å². The van der Waals surface area contributed by atoms with Crippen LogP contribution in [0.15, 0.2) is 53.6 Å². The number of carbonyl (C=O) groups excluding carboxylic acids is 1. The fourth-order valence-corrected chi connectivity index (χ4v) is 3.89. The van der Waals surface area contributed by atoms with E-state index in [9.17, 15) is 15.1 Å². The highest BCUT2D eigenvalue weighted by molar-refractivity contribution is 6.10. The van der Waals surface area contributed by atoms with Gasteiger partial charge in [-0.2, -0.15) is 0 Å². The molecular formula is C24H34N5O4+. The Kier molecular flexibility index (Phi) is 7.43. The Morgan fingerprint density at radius 3 is 2.67 bits per heavy atom. The van der Waals surface area contributed by atoms with E-state index in [1.807, 2.05) is 13.8 Å². The molecule has 2 aliphatic carbocycles. The van der Waals surface area contributed by atoms with Crippen LogP contribution in [0.25, 0.3) is 0 Å². The zero-order valence-electron chi connectivity index (χ0n) is 19.7. The maximum atomic E-state index is 13.0. The number of aromatic nitrogens is 1. The van der Waals surface area contributed by atoms with Crippen LogP contribution >= 0.6 is 0 Å². The number of carbonyl (C=O) groups is 1. The molecule has 1 aromatic rings. The van der Waals surface area contributed by atoms with E-state index < -0.39 is 11.5 Å². The van der Waals surface area contributed by atoms with Crippen molar-refractivity contribution in [3.63, 3.8) is 0 Å². The van der Waals surface area contributed by atoms with Crippen molar-refractivity contribution in [2.75, 3.05) is 25.6 Å². The van der Waals surface area contributed by atoms with Gasteiger partial charge in [0.25, 0.3) is 5.91 Å². The Balaban J connectivity index is 1.80. The molecule has 0 saturated heterocycles. The molecule has 1 heterocycles. The summed E-state index contributed by atoms with van der Waals surface area (Å²) in [5, 5.41) is 35.1. The van der Waals surface area contributed by atoms with Crippen molar-refractivity contribution in [1.82, 2.24) is 10.6 Å². The van der Waals surface area contributed by atoms with Crippen molar-refractivity contribution >= 4 is 17.4 Å². The van der Waals surface area contributed by atoms with E-state index in [2.05, 4.69) is 10.6 Å². The Labute approximate surface area is 194 Å². The minimum Gasteiger partial charge on any atom is -0.492 e. The smallest absolute Gasteiger partial charge is 0.316 e. The lowest BCUT2D eigenvalue weighted by molar-refractivity contribution is -0.895. The van der Waals surface area contributed by atoms with Crippen LogP contribution in [0.1, 0.15) is 50.0 Å². The average molecular weight is 457 g/mol. The van der Waals surface area contributed by atoms with Gasteiger partial charge < -0.3 is 31.1 Å². The second-order valence-electron chi connectivity index (χ2n) is 8.88. The largest absolute Gasteiger partial charge is 0.492 e. The minimum atomic E-state index is -0.608. The van der Waals surface area contributed by atoms with E-state index in [1.54, 1.807) is 49.5 Å². The SMILES string of the molecule is CCOC1=CC(=N)/C(=C\N[C@H]2CC[C@](C)(O)CC2)C=C1NC(=O)c1cccc(N(C)C)[n+]1O. The first kappa shape index (κ1) is 24.3. The van der Waals surface area contributed by atoms with Gasteiger partial charge in [0.05, 0.1) is 37.7 Å². The Morgan fingerprint density at radius 1 is 1.33 bits per heavy atom. The molecule has 0 bridgehead atoms. The topological polar surface area (TPSA) is 122 Å². The molecule has 33 heavy (non-hydrogen) atoms. The molecule has 0 aromatic carbocycles. The molecule has 2 aliphatic rings. The first-order chi connectivity index (χ1) is 15.6. The number of hydrogen-bond donors (Lipinski definition) is 5. The molecule has 5 N–H and O–H groups in total. The summed E-state index contributed by atoms with van der Waals surface area (Å²) in [6, 6.07) is 5.13. The molecule has 9 heteroatoms. The minimum absolute atomic E-state index is 0.0662. The molecule has 1 saturated carbocycles. The highest BCUT2D eigenvalue weighted by Crippen LogP contribution is 2.28. The first-order valence-corrected chi connectivity index (χ1v) is 11.2. The van der Waals surface area contributed by atoms with Gasteiger partial charge in [-0.05, 0) is 62.5 Å². The number of nitrogens with zero attached hydrogens (tertiary/aromatic N) is 2. The Bertz CT molecular complexity index is 1000. The van der Waals surface area contributed by atoms with Crippen LogP contribution in [0.2, 0.25) is 0 Å². The quantitative estimate of drug-likeness (QED) is 0.316. The van der Waals surface area contributed by atoms with Crippen molar-refractivity contribution in [2.24, 2.45) is 0 Å². The first-order valence-electron chi connectivity index (χ1n) is 11.2. The van der Waals surface area contributed by atoms with Crippen molar-refractivity contribution in [2.45, 2.75) is 51.2 Å². The van der Waals surface area contributed by atoms with Crippen LogP contribution in [0.3, 0.4) is 0 Å². The van der Waals surface area contributed by atoms with Gasteiger partial charge in [0.2, 0.25) is 5.69 Å². The lowest BCUT2D eigenvalue weighted by Gasteiger charge is -2.33. The number of hydrogen-bond acceptors (Lipinski definition) is 7. The zero-order chi connectivity index (χ0) is 24.2. The lowest BCUT2D eigenvalue weighted by atomic mass is 9.84. The summed E-state index contributed by atoms with van der Waals surface area (Å²) in [6.45, 7) is 4.07. The lowest BCUT2D eigenvalue weighted by Crippen LogP contribution is -2.45. The van der Waals surface area contributed by atoms with Crippen LogP contribution < -0.4 is 20.3 Å². The van der Waals surface area contributed by atoms with E-state index in [0.29, 0.717) is 29.5 Å². The molecule has 3 rings (SSSR count). The van der Waals surface area contributed by atoms with Gasteiger partial charge >= 0.3 is 5.82 Å². The molecule has 0 radical (unpaired) electrons. The maximum Gasteiger partial charge on any atom is 0.316 e. The predicted octanol–water partition coefficient (Wildman–Crippen LogP) is 2.01. The molecule has 0 atom stereocenters. The van der Waals surface area contributed by atoms with Gasteiger partial charge in [0, 0.05) is 30.0 Å². The van der Waals surface area contributed by atoms with Crippen LogP contribution in [-0.4, -0.2) is 54.3 Å².